The average Bonchev–Trinajstić information content (AvgIpc) is 3.13. The molecule has 35 heavy (non-hydrogen) atoms. The van der Waals surface area contributed by atoms with Gasteiger partial charge in [0.1, 0.15) is 18.1 Å². The number of pyridine rings is 1. The third-order valence-corrected chi connectivity index (χ3v) is 5.94. The fourth-order valence-corrected chi connectivity index (χ4v) is 4.17. The van der Waals surface area contributed by atoms with E-state index in [0.717, 1.165) is 17.7 Å². The van der Waals surface area contributed by atoms with Gasteiger partial charge in [-0.3, -0.25) is 14.6 Å². The van der Waals surface area contributed by atoms with Crippen LogP contribution in [0.5, 0.6) is 5.75 Å². The highest BCUT2D eigenvalue weighted by Crippen LogP contribution is 2.39. The maximum absolute atomic E-state index is 13.1. The molecule has 7 heteroatoms. The van der Waals surface area contributed by atoms with Crippen LogP contribution in [0.4, 0.5) is 0 Å². The van der Waals surface area contributed by atoms with E-state index < -0.39 is 17.7 Å². The minimum absolute atomic E-state index is 0.0870. The number of hydrogen-bond donors (Lipinski definition) is 1. The number of carbonyl (C=O) groups excluding carboxylic acids is 2. The molecule has 3 aromatic rings. The molecule has 4 rings (SSSR count). The molecule has 180 valence electrons. The zero-order valence-electron chi connectivity index (χ0n) is 19.9. The lowest BCUT2D eigenvalue weighted by Crippen LogP contribution is -2.32. The van der Waals surface area contributed by atoms with Gasteiger partial charge in [0.15, 0.2) is 0 Å². The van der Waals surface area contributed by atoms with Crippen molar-refractivity contribution in [3.05, 3.63) is 101 Å². The number of ketones is 1. The third kappa shape index (κ3) is 5.58. The molecule has 0 radical (unpaired) electrons. The topological polar surface area (TPSA) is 83.0 Å². The SMILES string of the molecule is CN(C)CCCN1C(=O)C(=O)/C(=C(/O)c2ccncc2)C1c1ccc(OCc2ccccc2)cc1. The molecule has 0 saturated carbocycles. The summed E-state index contributed by atoms with van der Waals surface area (Å²) in [5.74, 6) is -0.807. The van der Waals surface area contributed by atoms with Crippen LogP contribution in [0.15, 0.2) is 84.7 Å². The number of aliphatic hydroxyl groups excluding tert-OH is 1. The van der Waals surface area contributed by atoms with E-state index >= 15 is 0 Å². The number of amides is 1. The zero-order valence-corrected chi connectivity index (χ0v) is 19.9. The quantitative estimate of drug-likeness (QED) is 0.288. The van der Waals surface area contributed by atoms with Crippen LogP contribution in [0.1, 0.15) is 29.2 Å². The highest BCUT2D eigenvalue weighted by Gasteiger charge is 2.45. The summed E-state index contributed by atoms with van der Waals surface area (Å²) in [6.45, 7) is 1.60. The normalized spacial score (nSPS) is 17.2. The molecular formula is C28H29N3O4. The molecule has 0 spiro atoms. The van der Waals surface area contributed by atoms with Gasteiger partial charge in [-0.2, -0.15) is 0 Å². The predicted octanol–water partition coefficient (Wildman–Crippen LogP) is 4.03. The van der Waals surface area contributed by atoms with Crippen molar-refractivity contribution in [3.63, 3.8) is 0 Å². The van der Waals surface area contributed by atoms with E-state index in [9.17, 15) is 14.7 Å². The van der Waals surface area contributed by atoms with Gasteiger partial charge >= 0.3 is 0 Å². The highest BCUT2D eigenvalue weighted by atomic mass is 16.5. The fraction of sp³-hybridized carbons (Fsp3) is 0.250. The van der Waals surface area contributed by atoms with Crippen LogP contribution in [0.2, 0.25) is 0 Å². The third-order valence-electron chi connectivity index (χ3n) is 5.94. The number of hydrogen-bond acceptors (Lipinski definition) is 6. The molecule has 1 N–H and O–H groups in total. The van der Waals surface area contributed by atoms with Crippen LogP contribution in [0.25, 0.3) is 5.76 Å². The van der Waals surface area contributed by atoms with Crippen LogP contribution in [0, 0.1) is 0 Å². The van der Waals surface area contributed by atoms with Crippen LogP contribution >= 0.6 is 0 Å². The van der Waals surface area contributed by atoms with Crippen LogP contribution < -0.4 is 4.74 Å². The van der Waals surface area contributed by atoms with Crippen molar-refractivity contribution in [2.24, 2.45) is 0 Å². The summed E-state index contributed by atoms with van der Waals surface area (Å²) in [4.78, 5) is 33.7. The number of benzene rings is 2. The Morgan fingerprint density at radius 2 is 1.69 bits per heavy atom. The Morgan fingerprint density at radius 1 is 1.00 bits per heavy atom. The Labute approximate surface area is 205 Å². The first-order valence-corrected chi connectivity index (χ1v) is 11.6. The van der Waals surface area contributed by atoms with Gasteiger partial charge in [-0.15, -0.1) is 0 Å². The molecule has 7 nitrogen and oxygen atoms in total. The van der Waals surface area contributed by atoms with Crippen molar-refractivity contribution in [1.82, 2.24) is 14.8 Å². The first kappa shape index (κ1) is 24.2. The van der Waals surface area contributed by atoms with E-state index in [1.165, 1.54) is 12.4 Å². The molecule has 1 atom stereocenters. The van der Waals surface area contributed by atoms with Gasteiger partial charge in [-0.25, -0.2) is 0 Å². The van der Waals surface area contributed by atoms with Crippen molar-refractivity contribution in [3.8, 4) is 5.75 Å². The van der Waals surface area contributed by atoms with Gasteiger partial charge in [-0.05, 0) is 62.5 Å². The molecule has 1 aliphatic heterocycles. The van der Waals surface area contributed by atoms with E-state index in [2.05, 4.69) is 4.98 Å². The summed E-state index contributed by atoms with van der Waals surface area (Å²) < 4.78 is 5.89. The number of aromatic nitrogens is 1. The standard InChI is InChI=1S/C28H29N3O4/c1-30(2)17-6-18-31-25(24(27(33)28(31)34)26(32)22-13-15-29-16-14-22)21-9-11-23(12-10-21)35-19-20-7-4-3-5-8-20/h3-5,7-16,25,32H,6,17-19H2,1-2H3/b26-24+. The van der Waals surface area contributed by atoms with Gasteiger partial charge < -0.3 is 19.6 Å². The Bertz CT molecular complexity index is 1190. The number of likely N-dealkylation sites (tertiary alicyclic amines) is 1. The second kappa shape index (κ2) is 11.0. The number of aliphatic hydroxyl groups is 1. The molecule has 1 fully saturated rings. The molecule has 1 saturated heterocycles. The van der Waals surface area contributed by atoms with Crippen LogP contribution in [0.3, 0.4) is 0 Å². The van der Waals surface area contributed by atoms with E-state index in [1.807, 2.05) is 73.6 Å². The molecular weight excluding hydrogens is 442 g/mol. The minimum atomic E-state index is -0.687. The largest absolute Gasteiger partial charge is 0.507 e. The maximum atomic E-state index is 13.1. The molecule has 0 aliphatic carbocycles. The summed E-state index contributed by atoms with van der Waals surface area (Å²) in [7, 11) is 3.92. The first-order chi connectivity index (χ1) is 17.0. The Balaban J connectivity index is 1.65. The number of ether oxygens (including phenoxy) is 1. The van der Waals surface area contributed by atoms with Crippen molar-refractivity contribution in [1.29, 1.82) is 0 Å². The number of rotatable bonds is 9. The Hall–Kier alpha value is -3.97. The zero-order chi connectivity index (χ0) is 24.8. The average molecular weight is 472 g/mol. The van der Waals surface area contributed by atoms with Crippen molar-refractivity contribution in [2.45, 2.75) is 19.1 Å². The lowest BCUT2D eigenvalue weighted by atomic mass is 9.95. The summed E-state index contributed by atoms with van der Waals surface area (Å²) in [5, 5.41) is 11.1. The van der Waals surface area contributed by atoms with E-state index in [0.29, 0.717) is 30.9 Å². The molecule has 1 aromatic heterocycles. The second-order valence-corrected chi connectivity index (χ2v) is 8.73. The van der Waals surface area contributed by atoms with Crippen LogP contribution in [-0.2, 0) is 16.2 Å². The molecule has 2 heterocycles. The van der Waals surface area contributed by atoms with Gasteiger partial charge in [-0.1, -0.05) is 42.5 Å². The summed E-state index contributed by atoms with van der Waals surface area (Å²) >= 11 is 0. The summed E-state index contributed by atoms with van der Waals surface area (Å²) in [5.41, 5.74) is 2.32. The van der Waals surface area contributed by atoms with E-state index in [4.69, 9.17) is 4.74 Å². The molecule has 1 amide bonds. The molecule has 0 bridgehead atoms. The van der Waals surface area contributed by atoms with Crippen molar-refractivity contribution < 1.29 is 19.4 Å². The Morgan fingerprint density at radius 3 is 2.34 bits per heavy atom. The first-order valence-electron chi connectivity index (χ1n) is 11.6. The van der Waals surface area contributed by atoms with Crippen molar-refractivity contribution >= 4 is 17.4 Å². The predicted molar refractivity (Wildman–Crippen MR) is 134 cm³/mol. The van der Waals surface area contributed by atoms with Gasteiger partial charge in [0, 0.05) is 24.5 Å². The van der Waals surface area contributed by atoms with Gasteiger partial charge in [0.2, 0.25) is 0 Å². The van der Waals surface area contributed by atoms with Crippen LogP contribution in [-0.4, -0.2) is 58.8 Å². The van der Waals surface area contributed by atoms with Crippen molar-refractivity contribution in [2.75, 3.05) is 27.2 Å². The summed E-state index contributed by atoms with van der Waals surface area (Å²) in [6, 6.07) is 19.8. The van der Waals surface area contributed by atoms with E-state index in [-0.39, 0.29) is 11.3 Å². The lowest BCUT2D eigenvalue weighted by Gasteiger charge is -2.26. The van der Waals surface area contributed by atoms with Gasteiger partial charge in [0.25, 0.3) is 11.7 Å². The fourth-order valence-electron chi connectivity index (χ4n) is 4.17. The maximum Gasteiger partial charge on any atom is 0.295 e. The second-order valence-electron chi connectivity index (χ2n) is 8.73. The van der Waals surface area contributed by atoms with Gasteiger partial charge in [0.05, 0.1) is 11.6 Å². The number of carbonyl (C=O) groups is 2. The lowest BCUT2D eigenvalue weighted by molar-refractivity contribution is -0.139. The Kier molecular flexibility index (Phi) is 7.57. The van der Waals surface area contributed by atoms with E-state index in [1.54, 1.807) is 17.0 Å². The minimum Gasteiger partial charge on any atom is -0.507 e. The molecule has 2 aromatic carbocycles. The number of Topliss-reactive ketones (excluding diaryl/α,β-unsaturated/α-hetero) is 1. The highest BCUT2D eigenvalue weighted by molar-refractivity contribution is 6.46. The number of nitrogens with zero attached hydrogens (tertiary/aromatic N) is 3. The smallest absolute Gasteiger partial charge is 0.295 e. The summed E-state index contributed by atoms with van der Waals surface area (Å²) in [6.07, 6.45) is 3.77. The monoisotopic (exact) mass is 471 g/mol. The molecule has 1 aliphatic rings. The molecule has 1 unspecified atom stereocenters.